The Balaban J connectivity index is 2.06. The number of aromatic nitrogens is 1. The second-order valence-electron chi connectivity index (χ2n) is 3.75. The van der Waals surface area contributed by atoms with Crippen molar-refractivity contribution in [2.45, 2.75) is 0 Å². The number of benzene rings is 1. The molecule has 5 nitrogen and oxygen atoms in total. The van der Waals surface area contributed by atoms with Crippen molar-refractivity contribution < 1.29 is 9.90 Å². The van der Waals surface area contributed by atoms with Gasteiger partial charge in [-0.2, -0.15) is 5.10 Å². The third-order valence-corrected chi connectivity index (χ3v) is 3.74. The van der Waals surface area contributed by atoms with Crippen LogP contribution in [0.3, 0.4) is 0 Å². The number of hydrazone groups is 1. The highest BCUT2D eigenvalue weighted by Crippen LogP contribution is 2.29. The molecule has 2 N–H and O–H groups in total. The molecule has 2 aromatic rings. The van der Waals surface area contributed by atoms with E-state index >= 15 is 0 Å². The van der Waals surface area contributed by atoms with Crippen molar-refractivity contribution in [3.05, 3.63) is 55.8 Å². The number of hydrogen-bond donors (Lipinski definition) is 2. The topological polar surface area (TPSA) is 74.6 Å². The van der Waals surface area contributed by atoms with Crippen LogP contribution in [0.15, 0.2) is 46.1 Å². The third-order valence-electron chi connectivity index (χ3n) is 2.32. The van der Waals surface area contributed by atoms with Crippen LogP contribution >= 0.6 is 38.5 Å². The van der Waals surface area contributed by atoms with Crippen LogP contribution in [0.25, 0.3) is 0 Å². The van der Waals surface area contributed by atoms with Crippen LogP contribution in [0.5, 0.6) is 5.75 Å². The second-order valence-corrected chi connectivity index (χ2v) is 5.76. The molecular formula is C13H9BrIN3O2. The first kappa shape index (κ1) is 14.9. The van der Waals surface area contributed by atoms with E-state index in [0.717, 1.165) is 5.56 Å². The first-order valence-electron chi connectivity index (χ1n) is 5.50. The van der Waals surface area contributed by atoms with Gasteiger partial charge in [-0.1, -0.05) is 6.07 Å². The van der Waals surface area contributed by atoms with E-state index in [0.29, 0.717) is 13.7 Å². The Morgan fingerprint density at radius 2 is 2.25 bits per heavy atom. The van der Waals surface area contributed by atoms with Crippen LogP contribution in [0, 0.1) is 3.57 Å². The summed E-state index contributed by atoms with van der Waals surface area (Å²) < 4.78 is 1.26. The standard InChI is InChI=1S/C13H9BrIN3O2/c14-9-5-8(6-10(15)12(9)19)7-17-18-13(20)11-3-1-2-4-16-11/h1-7,19H,(H,18,20)/b17-7-. The summed E-state index contributed by atoms with van der Waals surface area (Å²) in [5.74, 6) is -0.199. The second kappa shape index (κ2) is 6.80. The monoisotopic (exact) mass is 445 g/mol. The first-order valence-corrected chi connectivity index (χ1v) is 7.37. The molecule has 0 aliphatic heterocycles. The molecule has 1 amide bonds. The van der Waals surface area contributed by atoms with Crippen LogP contribution in [-0.2, 0) is 0 Å². The Bertz CT molecular complexity index is 639. The summed E-state index contributed by atoms with van der Waals surface area (Å²) in [5, 5.41) is 13.5. The van der Waals surface area contributed by atoms with Gasteiger partial charge >= 0.3 is 0 Å². The number of phenolic OH excluding ortho intramolecular Hbond substituents is 1. The molecule has 0 fully saturated rings. The molecular weight excluding hydrogens is 437 g/mol. The van der Waals surface area contributed by atoms with Gasteiger partial charge in [-0.25, -0.2) is 5.43 Å². The maximum Gasteiger partial charge on any atom is 0.289 e. The quantitative estimate of drug-likeness (QED) is 0.433. The fourth-order valence-electron chi connectivity index (χ4n) is 1.38. The summed E-state index contributed by atoms with van der Waals surface area (Å²) in [4.78, 5) is 15.6. The van der Waals surface area contributed by atoms with Gasteiger partial charge in [0.2, 0.25) is 0 Å². The van der Waals surface area contributed by atoms with E-state index in [1.54, 1.807) is 30.3 Å². The van der Waals surface area contributed by atoms with Crippen molar-refractivity contribution >= 4 is 50.6 Å². The maximum absolute atomic E-state index is 11.7. The van der Waals surface area contributed by atoms with Crippen molar-refractivity contribution in [1.29, 1.82) is 0 Å². The molecule has 0 aliphatic rings. The van der Waals surface area contributed by atoms with Gasteiger partial charge in [-0.3, -0.25) is 9.78 Å². The predicted octanol–water partition coefficient (Wildman–Crippen LogP) is 2.92. The first-order chi connectivity index (χ1) is 9.58. The van der Waals surface area contributed by atoms with Gasteiger partial charge in [0.15, 0.2) is 0 Å². The summed E-state index contributed by atoms with van der Waals surface area (Å²) in [6.07, 6.45) is 3.03. The van der Waals surface area contributed by atoms with E-state index in [2.05, 4.69) is 31.4 Å². The van der Waals surface area contributed by atoms with E-state index in [-0.39, 0.29) is 11.7 Å². The van der Waals surface area contributed by atoms with Crippen molar-refractivity contribution in [3.63, 3.8) is 0 Å². The molecule has 0 unspecified atom stereocenters. The lowest BCUT2D eigenvalue weighted by Crippen LogP contribution is -2.18. The fourth-order valence-corrected chi connectivity index (χ4v) is 2.88. The minimum absolute atomic E-state index is 0.181. The van der Waals surface area contributed by atoms with Gasteiger partial charge in [0.05, 0.1) is 14.3 Å². The number of carbonyl (C=O) groups excluding carboxylic acids is 1. The normalized spacial score (nSPS) is 10.7. The number of carbonyl (C=O) groups is 1. The van der Waals surface area contributed by atoms with E-state index in [4.69, 9.17) is 0 Å². The molecule has 0 saturated heterocycles. The van der Waals surface area contributed by atoms with E-state index in [9.17, 15) is 9.90 Å². The van der Waals surface area contributed by atoms with Crippen LogP contribution in [0.4, 0.5) is 0 Å². The molecule has 0 spiro atoms. The average Bonchev–Trinajstić information content (AvgIpc) is 2.45. The van der Waals surface area contributed by atoms with Gasteiger partial charge in [0.25, 0.3) is 5.91 Å². The molecule has 1 aromatic heterocycles. The summed E-state index contributed by atoms with van der Waals surface area (Å²) in [6.45, 7) is 0. The van der Waals surface area contributed by atoms with Gasteiger partial charge in [0, 0.05) is 6.20 Å². The molecule has 1 heterocycles. The van der Waals surface area contributed by atoms with Crippen molar-refractivity contribution in [3.8, 4) is 5.75 Å². The highest BCUT2D eigenvalue weighted by atomic mass is 127. The Morgan fingerprint density at radius 1 is 1.45 bits per heavy atom. The minimum atomic E-state index is -0.380. The van der Waals surface area contributed by atoms with E-state index in [1.807, 2.05) is 22.6 Å². The lowest BCUT2D eigenvalue weighted by atomic mass is 10.2. The number of hydrogen-bond acceptors (Lipinski definition) is 4. The van der Waals surface area contributed by atoms with Gasteiger partial charge in [-0.05, 0) is 68.3 Å². The van der Waals surface area contributed by atoms with Gasteiger partial charge < -0.3 is 5.11 Å². The molecule has 0 saturated carbocycles. The number of halogens is 2. The maximum atomic E-state index is 11.7. The molecule has 0 radical (unpaired) electrons. The number of rotatable bonds is 3. The van der Waals surface area contributed by atoms with E-state index in [1.165, 1.54) is 12.4 Å². The number of pyridine rings is 1. The van der Waals surface area contributed by atoms with Crippen LogP contribution in [-0.4, -0.2) is 22.2 Å². The molecule has 20 heavy (non-hydrogen) atoms. The van der Waals surface area contributed by atoms with Crippen LogP contribution in [0.1, 0.15) is 16.1 Å². The highest BCUT2D eigenvalue weighted by molar-refractivity contribution is 14.1. The number of aromatic hydroxyl groups is 1. The third kappa shape index (κ3) is 3.76. The number of phenols is 1. The van der Waals surface area contributed by atoms with Crippen molar-refractivity contribution in [2.24, 2.45) is 5.10 Å². The summed E-state index contributed by atoms with van der Waals surface area (Å²) in [5.41, 5.74) is 3.44. The van der Waals surface area contributed by atoms with Crippen LogP contribution < -0.4 is 5.43 Å². The molecule has 0 aliphatic carbocycles. The zero-order valence-corrected chi connectivity index (χ0v) is 13.8. The largest absolute Gasteiger partial charge is 0.506 e. The molecule has 7 heteroatoms. The molecule has 0 bridgehead atoms. The Morgan fingerprint density at radius 3 is 2.90 bits per heavy atom. The average molecular weight is 446 g/mol. The van der Waals surface area contributed by atoms with Gasteiger partial charge in [0.1, 0.15) is 11.4 Å². The van der Waals surface area contributed by atoms with Crippen LogP contribution in [0.2, 0.25) is 0 Å². The molecule has 0 atom stereocenters. The number of amides is 1. The fraction of sp³-hybridized carbons (Fsp3) is 0. The summed E-state index contributed by atoms with van der Waals surface area (Å²) >= 11 is 5.25. The number of nitrogens with zero attached hydrogens (tertiary/aromatic N) is 2. The zero-order valence-electron chi connectivity index (χ0n) is 10.0. The SMILES string of the molecule is O=C(N/N=C\c1cc(Br)c(O)c(I)c1)c1ccccn1. The van der Waals surface area contributed by atoms with Crippen molar-refractivity contribution in [2.75, 3.05) is 0 Å². The molecule has 2 rings (SSSR count). The summed E-state index contributed by atoms with van der Waals surface area (Å²) in [7, 11) is 0. The molecule has 1 aromatic carbocycles. The minimum Gasteiger partial charge on any atom is -0.506 e. The van der Waals surface area contributed by atoms with E-state index < -0.39 is 0 Å². The number of nitrogens with one attached hydrogen (secondary N) is 1. The lowest BCUT2D eigenvalue weighted by Gasteiger charge is -2.02. The Labute approximate surface area is 137 Å². The van der Waals surface area contributed by atoms with Crippen molar-refractivity contribution in [1.82, 2.24) is 10.4 Å². The zero-order chi connectivity index (χ0) is 14.5. The Kier molecular flexibility index (Phi) is 5.07. The molecule has 102 valence electrons. The lowest BCUT2D eigenvalue weighted by molar-refractivity contribution is 0.0950. The predicted molar refractivity (Wildman–Crippen MR) is 87.8 cm³/mol. The Hall–Kier alpha value is -1.48. The van der Waals surface area contributed by atoms with Gasteiger partial charge in [-0.15, -0.1) is 0 Å². The highest BCUT2D eigenvalue weighted by Gasteiger charge is 2.05. The smallest absolute Gasteiger partial charge is 0.289 e. The summed E-state index contributed by atoms with van der Waals surface area (Å²) in [6, 6.07) is 8.51.